The summed E-state index contributed by atoms with van der Waals surface area (Å²) in [7, 11) is 4.17. The van der Waals surface area contributed by atoms with Crippen LogP contribution in [-0.4, -0.2) is 14.1 Å². The van der Waals surface area contributed by atoms with Crippen LogP contribution in [0.2, 0.25) is 0 Å². The molecule has 0 aliphatic heterocycles. The van der Waals surface area contributed by atoms with E-state index in [2.05, 4.69) is 97.9 Å². The molecular formula is C25H25N. The first-order valence-electron chi connectivity index (χ1n) is 9.37. The molecule has 0 saturated carbocycles. The standard InChI is InChI=1S/C25H25N/c1-26(2)24-15-13-19(14-16-24)7-5-10-20-11-6-12-23-17-21-8-3-4-9-22(21)18-25(20)23/h3-4,6,8-9,11-18H,5,7,10H2,1-2H3. The molecule has 0 aromatic heterocycles. The zero-order valence-corrected chi connectivity index (χ0v) is 15.6. The number of hydrogen-bond acceptors (Lipinski definition) is 1. The van der Waals surface area contributed by atoms with E-state index in [1.807, 2.05) is 0 Å². The first kappa shape index (κ1) is 16.7. The van der Waals surface area contributed by atoms with Crippen molar-refractivity contribution in [2.45, 2.75) is 19.3 Å². The fraction of sp³-hybridized carbons (Fsp3) is 0.200. The van der Waals surface area contributed by atoms with Gasteiger partial charge in [0, 0.05) is 19.8 Å². The molecule has 1 nitrogen and oxygen atoms in total. The van der Waals surface area contributed by atoms with Crippen molar-refractivity contribution in [1.29, 1.82) is 0 Å². The quantitative estimate of drug-likeness (QED) is 0.389. The minimum atomic E-state index is 1.12. The lowest BCUT2D eigenvalue weighted by atomic mass is 9.96. The van der Waals surface area contributed by atoms with Crippen LogP contribution in [0.25, 0.3) is 21.5 Å². The molecule has 0 aliphatic carbocycles. The molecule has 4 rings (SSSR count). The summed E-state index contributed by atoms with van der Waals surface area (Å²) in [6, 6.07) is 28.9. The third kappa shape index (κ3) is 3.43. The van der Waals surface area contributed by atoms with Crippen LogP contribution in [-0.2, 0) is 12.8 Å². The van der Waals surface area contributed by atoms with Crippen LogP contribution in [0.4, 0.5) is 5.69 Å². The summed E-state index contributed by atoms with van der Waals surface area (Å²) in [5.41, 5.74) is 4.13. The lowest BCUT2D eigenvalue weighted by Gasteiger charge is -2.13. The molecule has 0 aliphatic rings. The molecule has 1 heteroatoms. The zero-order valence-electron chi connectivity index (χ0n) is 15.6. The van der Waals surface area contributed by atoms with Gasteiger partial charge in [-0.1, -0.05) is 54.6 Å². The molecular weight excluding hydrogens is 314 g/mol. The largest absolute Gasteiger partial charge is 0.378 e. The Kier molecular flexibility index (Phi) is 4.62. The number of benzene rings is 4. The number of fused-ring (bicyclic) bond motifs is 2. The van der Waals surface area contributed by atoms with Crippen LogP contribution >= 0.6 is 0 Å². The Hall–Kier alpha value is -2.80. The van der Waals surface area contributed by atoms with E-state index in [0.29, 0.717) is 0 Å². The third-order valence-corrected chi connectivity index (χ3v) is 5.20. The fourth-order valence-corrected chi connectivity index (χ4v) is 3.69. The van der Waals surface area contributed by atoms with Crippen molar-refractivity contribution in [2.75, 3.05) is 19.0 Å². The summed E-state index contributed by atoms with van der Waals surface area (Å²) >= 11 is 0. The molecule has 4 aromatic rings. The van der Waals surface area contributed by atoms with Crippen molar-refractivity contribution in [3.63, 3.8) is 0 Å². The van der Waals surface area contributed by atoms with E-state index in [0.717, 1.165) is 12.8 Å². The predicted molar refractivity (Wildman–Crippen MR) is 114 cm³/mol. The number of anilines is 1. The lowest BCUT2D eigenvalue weighted by molar-refractivity contribution is 0.825. The molecule has 26 heavy (non-hydrogen) atoms. The van der Waals surface area contributed by atoms with Crippen molar-refractivity contribution in [3.05, 3.63) is 90.0 Å². The SMILES string of the molecule is CN(C)c1ccc(CCCc2cccc3cc4ccccc4cc23)cc1. The highest BCUT2D eigenvalue weighted by atomic mass is 15.1. The minimum absolute atomic E-state index is 1.12. The Morgan fingerprint density at radius 1 is 0.654 bits per heavy atom. The third-order valence-electron chi connectivity index (χ3n) is 5.20. The molecule has 0 radical (unpaired) electrons. The average Bonchev–Trinajstić information content (AvgIpc) is 2.67. The molecule has 0 saturated heterocycles. The highest BCUT2D eigenvalue weighted by Crippen LogP contribution is 2.26. The Balaban J connectivity index is 1.52. The smallest absolute Gasteiger partial charge is 0.0361 e. The molecule has 0 amide bonds. The van der Waals surface area contributed by atoms with Crippen molar-refractivity contribution >= 4 is 27.2 Å². The van der Waals surface area contributed by atoms with Gasteiger partial charge in [0.05, 0.1) is 0 Å². The summed E-state index contributed by atoms with van der Waals surface area (Å²) in [6.07, 6.45) is 3.41. The van der Waals surface area contributed by atoms with E-state index in [1.54, 1.807) is 0 Å². The van der Waals surface area contributed by atoms with Crippen molar-refractivity contribution < 1.29 is 0 Å². The fourth-order valence-electron chi connectivity index (χ4n) is 3.69. The summed E-state index contributed by atoms with van der Waals surface area (Å²) < 4.78 is 0. The number of nitrogens with zero attached hydrogens (tertiary/aromatic N) is 1. The second kappa shape index (κ2) is 7.21. The predicted octanol–water partition coefficient (Wildman–Crippen LogP) is 6.23. The lowest BCUT2D eigenvalue weighted by Crippen LogP contribution is -2.08. The molecule has 130 valence electrons. The maximum atomic E-state index is 2.35. The molecule has 0 bridgehead atoms. The maximum Gasteiger partial charge on any atom is 0.0361 e. The summed E-state index contributed by atoms with van der Waals surface area (Å²) in [6.45, 7) is 0. The van der Waals surface area contributed by atoms with E-state index in [1.165, 1.54) is 44.8 Å². The van der Waals surface area contributed by atoms with Crippen LogP contribution < -0.4 is 4.90 Å². The topological polar surface area (TPSA) is 3.24 Å². The highest BCUT2D eigenvalue weighted by Gasteiger charge is 2.04. The van der Waals surface area contributed by atoms with Crippen molar-refractivity contribution in [1.82, 2.24) is 0 Å². The second-order valence-corrected chi connectivity index (χ2v) is 7.25. The first-order valence-corrected chi connectivity index (χ1v) is 9.37. The van der Waals surface area contributed by atoms with E-state index >= 15 is 0 Å². The van der Waals surface area contributed by atoms with Gasteiger partial charge in [-0.25, -0.2) is 0 Å². The molecule has 0 spiro atoms. The van der Waals surface area contributed by atoms with Gasteiger partial charge in [-0.2, -0.15) is 0 Å². The molecule has 0 unspecified atom stereocenters. The second-order valence-electron chi connectivity index (χ2n) is 7.25. The van der Waals surface area contributed by atoms with Gasteiger partial charge in [0.2, 0.25) is 0 Å². The van der Waals surface area contributed by atoms with Gasteiger partial charge in [-0.05, 0) is 76.2 Å². The van der Waals surface area contributed by atoms with Crippen LogP contribution in [0.5, 0.6) is 0 Å². The van der Waals surface area contributed by atoms with Crippen LogP contribution in [0.15, 0.2) is 78.9 Å². The number of hydrogen-bond donors (Lipinski definition) is 0. The van der Waals surface area contributed by atoms with Gasteiger partial charge >= 0.3 is 0 Å². The summed E-state index contributed by atoms with van der Waals surface area (Å²) in [4.78, 5) is 2.14. The number of aryl methyl sites for hydroxylation is 2. The normalized spacial score (nSPS) is 11.2. The highest BCUT2D eigenvalue weighted by molar-refractivity contribution is 5.99. The number of rotatable bonds is 5. The summed E-state index contributed by atoms with van der Waals surface area (Å²) in [5, 5.41) is 5.38. The van der Waals surface area contributed by atoms with Crippen LogP contribution in [0, 0.1) is 0 Å². The molecule has 0 N–H and O–H groups in total. The van der Waals surface area contributed by atoms with Crippen molar-refractivity contribution in [2.24, 2.45) is 0 Å². The van der Waals surface area contributed by atoms with Crippen LogP contribution in [0.3, 0.4) is 0 Å². The molecule has 0 atom stereocenters. The van der Waals surface area contributed by atoms with E-state index in [9.17, 15) is 0 Å². The van der Waals surface area contributed by atoms with Gasteiger partial charge in [0.1, 0.15) is 0 Å². The Morgan fingerprint density at radius 2 is 1.35 bits per heavy atom. The maximum absolute atomic E-state index is 2.35. The summed E-state index contributed by atoms with van der Waals surface area (Å²) in [5.74, 6) is 0. The monoisotopic (exact) mass is 339 g/mol. The van der Waals surface area contributed by atoms with Crippen LogP contribution in [0.1, 0.15) is 17.5 Å². The van der Waals surface area contributed by atoms with Gasteiger partial charge in [-0.15, -0.1) is 0 Å². The first-order chi connectivity index (χ1) is 12.7. The Morgan fingerprint density at radius 3 is 2.08 bits per heavy atom. The van der Waals surface area contributed by atoms with E-state index in [-0.39, 0.29) is 0 Å². The minimum Gasteiger partial charge on any atom is -0.378 e. The Bertz CT molecular complexity index is 1030. The molecule has 4 aromatic carbocycles. The van der Waals surface area contributed by atoms with Gasteiger partial charge < -0.3 is 4.90 Å². The van der Waals surface area contributed by atoms with Gasteiger partial charge in [-0.3, -0.25) is 0 Å². The van der Waals surface area contributed by atoms with Gasteiger partial charge in [0.15, 0.2) is 0 Å². The van der Waals surface area contributed by atoms with E-state index < -0.39 is 0 Å². The molecule has 0 heterocycles. The van der Waals surface area contributed by atoms with Crippen molar-refractivity contribution in [3.8, 4) is 0 Å². The Labute approximate surface area is 155 Å². The van der Waals surface area contributed by atoms with Gasteiger partial charge in [0.25, 0.3) is 0 Å². The van der Waals surface area contributed by atoms with E-state index in [4.69, 9.17) is 0 Å². The zero-order chi connectivity index (χ0) is 17.9. The molecule has 0 fully saturated rings. The average molecular weight is 339 g/mol.